The zero-order chi connectivity index (χ0) is 12.7. The Labute approximate surface area is 109 Å². The van der Waals surface area contributed by atoms with Crippen LogP contribution in [-0.4, -0.2) is 14.7 Å². The molecule has 3 nitrogen and oxygen atoms in total. The lowest BCUT2D eigenvalue weighted by molar-refractivity contribution is 0.475. The molecule has 3 rings (SSSR count). The molecule has 0 aliphatic heterocycles. The number of halogens is 1. The van der Waals surface area contributed by atoms with Crippen LogP contribution in [0, 0.1) is 0 Å². The third-order valence-corrected chi connectivity index (χ3v) is 3.18. The van der Waals surface area contributed by atoms with E-state index in [-0.39, 0.29) is 5.75 Å². The number of imidazole rings is 1. The summed E-state index contributed by atoms with van der Waals surface area (Å²) in [5.74, 6) is 1.04. The van der Waals surface area contributed by atoms with Crippen molar-refractivity contribution < 1.29 is 5.11 Å². The van der Waals surface area contributed by atoms with Gasteiger partial charge in [-0.15, -0.1) is 0 Å². The minimum absolute atomic E-state index is 0.234. The Hall–Kier alpha value is -2.00. The number of aromatic nitrogens is 2. The van der Waals surface area contributed by atoms with Gasteiger partial charge in [0.15, 0.2) is 0 Å². The molecule has 0 aliphatic rings. The van der Waals surface area contributed by atoms with Crippen molar-refractivity contribution in [3.05, 3.63) is 47.5 Å². The molecular formula is C14H11ClN2O. The molecule has 0 saturated carbocycles. The number of benzene rings is 2. The maximum Gasteiger partial charge on any atom is 0.140 e. The van der Waals surface area contributed by atoms with Crippen molar-refractivity contribution in [2.45, 2.75) is 0 Å². The van der Waals surface area contributed by atoms with Crippen LogP contribution >= 0.6 is 11.6 Å². The van der Waals surface area contributed by atoms with Crippen molar-refractivity contribution in [3.8, 4) is 17.1 Å². The third kappa shape index (κ3) is 1.73. The lowest BCUT2D eigenvalue weighted by atomic mass is 10.2. The van der Waals surface area contributed by atoms with Crippen LogP contribution in [0.25, 0.3) is 22.4 Å². The number of fused-ring (bicyclic) bond motifs is 1. The second kappa shape index (κ2) is 4.03. The highest BCUT2D eigenvalue weighted by atomic mass is 35.5. The number of hydrogen-bond acceptors (Lipinski definition) is 2. The van der Waals surface area contributed by atoms with Gasteiger partial charge in [0.05, 0.1) is 11.0 Å². The van der Waals surface area contributed by atoms with Crippen LogP contribution in [0.5, 0.6) is 5.75 Å². The van der Waals surface area contributed by atoms with Crippen LogP contribution in [0.1, 0.15) is 0 Å². The zero-order valence-electron chi connectivity index (χ0n) is 9.76. The van der Waals surface area contributed by atoms with Crippen LogP contribution in [-0.2, 0) is 7.05 Å². The molecule has 0 aliphatic carbocycles. The molecule has 0 spiro atoms. The van der Waals surface area contributed by atoms with Gasteiger partial charge >= 0.3 is 0 Å². The normalized spacial score (nSPS) is 11.0. The van der Waals surface area contributed by atoms with Gasteiger partial charge in [0, 0.05) is 17.6 Å². The minimum atomic E-state index is 0.234. The Morgan fingerprint density at radius 2 is 2.00 bits per heavy atom. The molecule has 90 valence electrons. The Kier molecular flexibility index (Phi) is 2.49. The van der Waals surface area contributed by atoms with Crippen LogP contribution in [0.3, 0.4) is 0 Å². The van der Waals surface area contributed by atoms with Crippen LogP contribution < -0.4 is 0 Å². The van der Waals surface area contributed by atoms with Crippen molar-refractivity contribution in [1.82, 2.24) is 9.55 Å². The molecule has 0 fully saturated rings. The molecule has 0 amide bonds. The molecular weight excluding hydrogens is 248 g/mol. The zero-order valence-corrected chi connectivity index (χ0v) is 10.5. The maximum atomic E-state index is 9.53. The molecule has 0 saturated heterocycles. The van der Waals surface area contributed by atoms with E-state index in [9.17, 15) is 5.11 Å². The van der Waals surface area contributed by atoms with Gasteiger partial charge in [-0.1, -0.05) is 23.7 Å². The predicted molar refractivity (Wildman–Crippen MR) is 72.8 cm³/mol. The van der Waals surface area contributed by atoms with E-state index in [2.05, 4.69) is 4.98 Å². The van der Waals surface area contributed by atoms with Gasteiger partial charge in [-0.2, -0.15) is 0 Å². The van der Waals surface area contributed by atoms with E-state index in [1.54, 1.807) is 18.2 Å². The lowest BCUT2D eigenvalue weighted by Crippen LogP contribution is -1.92. The van der Waals surface area contributed by atoms with Gasteiger partial charge in [-0.25, -0.2) is 4.98 Å². The molecule has 1 aromatic heterocycles. The Morgan fingerprint density at radius 1 is 1.17 bits per heavy atom. The van der Waals surface area contributed by atoms with Crippen molar-refractivity contribution in [1.29, 1.82) is 0 Å². The first kappa shape index (κ1) is 11.1. The highest BCUT2D eigenvalue weighted by Crippen LogP contribution is 2.27. The smallest absolute Gasteiger partial charge is 0.140 e. The second-order valence-electron chi connectivity index (χ2n) is 4.18. The highest BCUT2D eigenvalue weighted by molar-refractivity contribution is 6.31. The van der Waals surface area contributed by atoms with Gasteiger partial charge in [0.1, 0.15) is 11.6 Å². The minimum Gasteiger partial charge on any atom is -0.508 e. The summed E-state index contributed by atoms with van der Waals surface area (Å²) in [6, 6.07) is 12.7. The first-order chi connectivity index (χ1) is 8.65. The Balaban J connectivity index is 2.27. The summed E-state index contributed by atoms with van der Waals surface area (Å²) < 4.78 is 1.97. The molecule has 0 atom stereocenters. The first-order valence-electron chi connectivity index (χ1n) is 5.56. The van der Waals surface area contributed by atoms with Crippen molar-refractivity contribution in [2.24, 2.45) is 7.05 Å². The number of aryl methyl sites for hydroxylation is 1. The summed E-state index contributed by atoms with van der Waals surface area (Å²) in [5, 5.41) is 10.2. The topological polar surface area (TPSA) is 38.0 Å². The quantitative estimate of drug-likeness (QED) is 0.724. The molecule has 0 unspecified atom stereocenters. The molecule has 0 bridgehead atoms. The predicted octanol–water partition coefficient (Wildman–Crippen LogP) is 3.60. The van der Waals surface area contributed by atoms with Gasteiger partial charge in [-0.3, -0.25) is 0 Å². The van der Waals surface area contributed by atoms with E-state index in [0.717, 1.165) is 22.4 Å². The molecule has 1 heterocycles. The van der Waals surface area contributed by atoms with E-state index in [0.29, 0.717) is 5.02 Å². The number of hydrogen-bond donors (Lipinski definition) is 1. The average molecular weight is 259 g/mol. The highest BCUT2D eigenvalue weighted by Gasteiger charge is 2.10. The van der Waals surface area contributed by atoms with Gasteiger partial charge < -0.3 is 9.67 Å². The maximum absolute atomic E-state index is 9.53. The SMILES string of the molecule is Cn1c(-c2cccc(O)c2)nc2ccc(Cl)cc21. The number of phenolic OH excluding ortho intramolecular Hbond substituents is 1. The third-order valence-electron chi connectivity index (χ3n) is 2.95. The van der Waals surface area contributed by atoms with E-state index in [4.69, 9.17) is 11.6 Å². The fraction of sp³-hybridized carbons (Fsp3) is 0.0714. The van der Waals surface area contributed by atoms with E-state index in [1.807, 2.05) is 35.9 Å². The molecule has 3 aromatic rings. The summed E-state index contributed by atoms with van der Waals surface area (Å²) in [6.45, 7) is 0. The lowest BCUT2D eigenvalue weighted by Gasteiger charge is -2.02. The Morgan fingerprint density at radius 3 is 2.78 bits per heavy atom. The molecule has 1 N–H and O–H groups in total. The molecule has 18 heavy (non-hydrogen) atoms. The summed E-state index contributed by atoms with van der Waals surface area (Å²) >= 11 is 5.99. The molecule has 2 aromatic carbocycles. The van der Waals surface area contributed by atoms with Gasteiger partial charge in [0.25, 0.3) is 0 Å². The van der Waals surface area contributed by atoms with Gasteiger partial charge in [0.2, 0.25) is 0 Å². The standard InChI is InChI=1S/C14H11ClN2O/c1-17-13-8-10(15)5-6-12(13)16-14(17)9-3-2-4-11(18)7-9/h2-8,18H,1H3. The van der Waals surface area contributed by atoms with Crippen LogP contribution in [0.4, 0.5) is 0 Å². The first-order valence-corrected chi connectivity index (χ1v) is 5.94. The average Bonchev–Trinajstić information content (AvgIpc) is 2.67. The van der Waals surface area contributed by atoms with Gasteiger partial charge in [-0.05, 0) is 30.3 Å². The Bertz CT molecular complexity index is 734. The largest absolute Gasteiger partial charge is 0.508 e. The number of rotatable bonds is 1. The molecule has 0 radical (unpaired) electrons. The number of nitrogens with zero attached hydrogens (tertiary/aromatic N) is 2. The number of aromatic hydroxyl groups is 1. The fourth-order valence-corrected chi connectivity index (χ4v) is 2.23. The summed E-state index contributed by atoms with van der Waals surface area (Å²) in [4.78, 5) is 4.56. The fourth-order valence-electron chi connectivity index (χ4n) is 2.07. The molecule has 4 heteroatoms. The van der Waals surface area contributed by atoms with Crippen LogP contribution in [0.15, 0.2) is 42.5 Å². The monoisotopic (exact) mass is 258 g/mol. The van der Waals surface area contributed by atoms with Crippen molar-refractivity contribution >= 4 is 22.6 Å². The van der Waals surface area contributed by atoms with Crippen LogP contribution in [0.2, 0.25) is 5.02 Å². The van der Waals surface area contributed by atoms with E-state index in [1.165, 1.54) is 0 Å². The van der Waals surface area contributed by atoms with E-state index >= 15 is 0 Å². The second-order valence-corrected chi connectivity index (χ2v) is 4.61. The van der Waals surface area contributed by atoms with E-state index < -0.39 is 0 Å². The number of phenols is 1. The summed E-state index contributed by atoms with van der Waals surface area (Å²) in [5.41, 5.74) is 2.74. The van der Waals surface area contributed by atoms with Crippen molar-refractivity contribution in [2.75, 3.05) is 0 Å². The summed E-state index contributed by atoms with van der Waals surface area (Å²) in [6.07, 6.45) is 0. The summed E-state index contributed by atoms with van der Waals surface area (Å²) in [7, 11) is 1.94. The van der Waals surface area contributed by atoms with Crippen molar-refractivity contribution in [3.63, 3.8) is 0 Å².